The molecule has 2 aromatic heterocycles. The number of amides is 1. The van der Waals surface area contributed by atoms with Crippen molar-refractivity contribution in [2.45, 2.75) is 12.8 Å². The van der Waals surface area contributed by atoms with Gasteiger partial charge >= 0.3 is 0 Å². The fourth-order valence-corrected chi connectivity index (χ4v) is 3.06. The zero-order chi connectivity index (χ0) is 16.8. The summed E-state index contributed by atoms with van der Waals surface area (Å²) in [6.45, 7) is 0.561. The van der Waals surface area contributed by atoms with Crippen LogP contribution >= 0.6 is 11.3 Å². The van der Waals surface area contributed by atoms with E-state index in [1.165, 1.54) is 11.3 Å². The van der Waals surface area contributed by atoms with Crippen molar-refractivity contribution in [2.24, 2.45) is 0 Å². The molecule has 1 amide bonds. The van der Waals surface area contributed by atoms with Crippen molar-refractivity contribution in [1.82, 2.24) is 20.1 Å². The van der Waals surface area contributed by atoms with Gasteiger partial charge in [0.15, 0.2) is 0 Å². The molecule has 0 fully saturated rings. The van der Waals surface area contributed by atoms with Crippen LogP contribution < -0.4 is 10.1 Å². The third kappa shape index (κ3) is 4.20. The quantitative estimate of drug-likeness (QED) is 0.715. The molecule has 0 aliphatic heterocycles. The summed E-state index contributed by atoms with van der Waals surface area (Å²) in [6, 6.07) is 9.39. The number of methoxy groups -OCH3 is 1. The lowest BCUT2D eigenvalue weighted by atomic mass is 10.1. The van der Waals surface area contributed by atoms with E-state index in [4.69, 9.17) is 4.74 Å². The number of thiazole rings is 1. The van der Waals surface area contributed by atoms with Gasteiger partial charge in [0.2, 0.25) is 11.0 Å². The molecule has 0 saturated carbocycles. The van der Waals surface area contributed by atoms with Gasteiger partial charge in [0.05, 0.1) is 19.2 Å². The van der Waals surface area contributed by atoms with Gasteiger partial charge in [-0.1, -0.05) is 12.1 Å². The molecule has 6 nitrogen and oxygen atoms in total. The molecule has 0 saturated heterocycles. The van der Waals surface area contributed by atoms with Gasteiger partial charge in [-0.15, -0.1) is 11.3 Å². The summed E-state index contributed by atoms with van der Waals surface area (Å²) < 4.78 is 6.89. The van der Waals surface area contributed by atoms with Crippen molar-refractivity contribution >= 4 is 17.2 Å². The maximum absolute atomic E-state index is 12.0. The first-order valence-corrected chi connectivity index (χ1v) is 8.46. The lowest BCUT2D eigenvalue weighted by Crippen LogP contribution is -2.27. The van der Waals surface area contributed by atoms with Gasteiger partial charge < -0.3 is 10.1 Å². The fourth-order valence-electron chi connectivity index (χ4n) is 2.26. The molecule has 1 aromatic carbocycles. The van der Waals surface area contributed by atoms with Crippen LogP contribution in [0.3, 0.4) is 0 Å². The lowest BCUT2D eigenvalue weighted by molar-refractivity contribution is -0.120. The highest BCUT2D eigenvalue weighted by Gasteiger charge is 2.07. The number of ether oxygens (including phenoxy) is 1. The van der Waals surface area contributed by atoms with Crippen molar-refractivity contribution in [3.8, 4) is 10.9 Å². The van der Waals surface area contributed by atoms with Crippen LogP contribution in [0, 0.1) is 0 Å². The Morgan fingerprint density at radius 2 is 2.29 bits per heavy atom. The molecule has 7 heteroatoms. The monoisotopic (exact) mass is 342 g/mol. The third-order valence-corrected chi connectivity index (χ3v) is 4.32. The number of benzene rings is 1. The van der Waals surface area contributed by atoms with Crippen LogP contribution in [0.25, 0.3) is 5.13 Å². The minimum absolute atomic E-state index is 0.00853. The number of carbonyl (C=O) groups excluding carboxylic acids is 1. The van der Waals surface area contributed by atoms with Gasteiger partial charge in [0.25, 0.3) is 0 Å². The van der Waals surface area contributed by atoms with Crippen LogP contribution in [-0.4, -0.2) is 34.3 Å². The number of aromatic nitrogens is 3. The fraction of sp³-hybridized carbons (Fsp3) is 0.235. The van der Waals surface area contributed by atoms with Crippen LogP contribution in [0.1, 0.15) is 11.3 Å². The molecule has 0 bridgehead atoms. The standard InChI is InChI=1S/C17H18N4O2S/c1-23-15-5-2-4-13(10-15)11-16(22)18-8-6-14-12-24-17(20-14)21-9-3-7-19-21/h2-5,7,9-10,12H,6,8,11H2,1H3,(H,18,22). The smallest absolute Gasteiger partial charge is 0.224 e. The molecular weight excluding hydrogens is 324 g/mol. The minimum Gasteiger partial charge on any atom is -0.497 e. The number of nitrogens with zero attached hydrogens (tertiary/aromatic N) is 3. The Balaban J connectivity index is 1.46. The summed E-state index contributed by atoms with van der Waals surface area (Å²) >= 11 is 1.54. The second-order valence-corrected chi connectivity index (χ2v) is 6.04. The molecule has 0 unspecified atom stereocenters. The Hall–Kier alpha value is -2.67. The van der Waals surface area contributed by atoms with E-state index in [1.54, 1.807) is 18.0 Å². The Morgan fingerprint density at radius 3 is 3.08 bits per heavy atom. The molecule has 1 N–H and O–H groups in total. The Kier molecular flexibility index (Phi) is 5.22. The molecule has 2 heterocycles. The Bertz CT molecular complexity index is 799. The van der Waals surface area contributed by atoms with E-state index >= 15 is 0 Å². The normalized spacial score (nSPS) is 10.5. The SMILES string of the molecule is COc1cccc(CC(=O)NCCc2csc(-n3cccn3)n2)c1. The highest BCUT2D eigenvalue weighted by atomic mass is 32.1. The van der Waals surface area contributed by atoms with Crippen LogP contribution in [-0.2, 0) is 17.6 Å². The van der Waals surface area contributed by atoms with E-state index < -0.39 is 0 Å². The molecule has 3 aromatic rings. The highest BCUT2D eigenvalue weighted by molar-refractivity contribution is 7.12. The molecule has 0 atom stereocenters. The number of carbonyl (C=O) groups is 1. The van der Waals surface area contributed by atoms with Gasteiger partial charge in [-0.05, 0) is 23.8 Å². The van der Waals surface area contributed by atoms with Gasteiger partial charge in [0.1, 0.15) is 5.75 Å². The Labute approximate surface area is 144 Å². The van der Waals surface area contributed by atoms with Crippen LogP contribution in [0.4, 0.5) is 0 Å². The molecule has 0 aliphatic carbocycles. The zero-order valence-corrected chi connectivity index (χ0v) is 14.1. The Morgan fingerprint density at radius 1 is 1.38 bits per heavy atom. The molecule has 24 heavy (non-hydrogen) atoms. The predicted octanol–water partition coefficient (Wildman–Crippen LogP) is 2.24. The van der Waals surface area contributed by atoms with Gasteiger partial charge in [-0.2, -0.15) is 5.10 Å². The van der Waals surface area contributed by atoms with Gasteiger partial charge in [-0.25, -0.2) is 9.67 Å². The molecule has 0 radical (unpaired) electrons. The van der Waals surface area contributed by atoms with Crippen LogP contribution in [0.2, 0.25) is 0 Å². The van der Waals surface area contributed by atoms with Crippen molar-refractivity contribution < 1.29 is 9.53 Å². The highest BCUT2D eigenvalue weighted by Crippen LogP contribution is 2.14. The summed E-state index contributed by atoms with van der Waals surface area (Å²) in [5.41, 5.74) is 1.88. The first-order chi connectivity index (χ1) is 11.7. The van der Waals surface area contributed by atoms with Gasteiger partial charge in [0, 0.05) is 30.7 Å². The van der Waals surface area contributed by atoms with E-state index in [1.807, 2.05) is 41.9 Å². The molecule has 0 aliphatic rings. The van der Waals surface area contributed by atoms with Crippen molar-refractivity contribution in [2.75, 3.05) is 13.7 Å². The summed E-state index contributed by atoms with van der Waals surface area (Å²) in [7, 11) is 1.62. The second kappa shape index (κ2) is 7.74. The van der Waals surface area contributed by atoms with Crippen molar-refractivity contribution in [1.29, 1.82) is 0 Å². The predicted molar refractivity (Wildman–Crippen MR) is 92.6 cm³/mol. The summed E-state index contributed by atoms with van der Waals surface area (Å²) in [5.74, 6) is 0.750. The summed E-state index contributed by atoms with van der Waals surface area (Å²) in [5, 5.41) is 9.90. The zero-order valence-electron chi connectivity index (χ0n) is 13.3. The largest absolute Gasteiger partial charge is 0.497 e. The molecule has 0 spiro atoms. The second-order valence-electron chi connectivity index (χ2n) is 5.20. The summed E-state index contributed by atoms with van der Waals surface area (Å²) in [4.78, 5) is 16.5. The van der Waals surface area contributed by atoms with Crippen molar-refractivity contribution in [3.05, 3.63) is 59.4 Å². The summed E-state index contributed by atoms with van der Waals surface area (Å²) in [6.07, 6.45) is 4.62. The maximum atomic E-state index is 12.0. The van der Waals surface area contributed by atoms with Crippen LogP contribution in [0.15, 0.2) is 48.1 Å². The lowest BCUT2D eigenvalue weighted by Gasteiger charge is -2.06. The first kappa shape index (κ1) is 16.2. The molecule has 124 valence electrons. The van der Waals surface area contributed by atoms with E-state index in [9.17, 15) is 4.79 Å². The molecule has 3 rings (SSSR count). The van der Waals surface area contributed by atoms with E-state index in [0.29, 0.717) is 19.4 Å². The average molecular weight is 342 g/mol. The van der Waals surface area contributed by atoms with Crippen molar-refractivity contribution in [3.63, 3.8) is 0 Å². The number of hydrogen-bond donors (Lipinski definition) is 1. The van der Waals surface area contributed by atoms with E-state index in [0.717, 1.165) is 22.1 Å². The first-order valence-electron chi connectivity index (χ1n) is 7.58. The average Bonchev–Trinajstić information content (AvgIpc) is 3.26. The van der Waals surface area contributed by atoms with E-state index in [-0.39, 0.29) is 5.91 Å². The van der Waals surface area contributed by atoms with E-state index in [2.05, 4.69) is 15.4 Å². The van der Waals surface area contributed by atoms with Gasteiger partial charge in [-0.3, -0.25) is 4.79 Å². The number of rotatable bonds is 7. The topological polar surface area (TPSA) is 69.0 Å². The number of hydrogen-bond acceptors (Lipinski definition) is 5. The number of nitrogens with one attached hydrogen (secondary N) is 1. The van der Waals surface area contributed by atoms with Crippen LogP contribution in [0.5, 0.6) is 5.75 Å². The third-order valence-electron chi connectivity index (χ3n) is 3.44. The minimum atomic E-state index is -0.00853. The maximum Gasteiger partial charge on any atom is 0.224 e. The molecular formula is C17H18N4O2S.